The minimum atomic E-state index is -0.807. The predicted molar refractivity (Wildman–Crippen MR) is 80.5 cm³/mol. The molecular weight excluding hydrogens is 294 g/mol. The van der Waals surface area contributed by atoms with Crippen LogP contribution in [0.25, 0.3) is 0 Å². The lowest BCUT2D eigenvalue weighted by Gasteiger charge is -2.31. The molecule has 2 aromatic carbocycles. The topological polar surface area (TPSA) is 20.2 Å². The van der Waals surface area contributed by atoms with Crippen LogP contribution in [0.5, 0.6) is 0 Å². The van der Waals surface area contributed by atoms with Gasteiger partial charge in [0.1, 0.15) is 11.6 Å². The molecule has 2 aromatic rings. The summed E-state index contributed by atoms with van der Waals surface area (Å²) >= 11 is 5.72. The van der Waals surface area contributed by atoms with Gasteiger partial charge in [0.15, 0.2) is 0 Å². The minimum absolute atomic E-state index is 0.160. The summed E-state index contributed by atoms with van der Waals surface area (Å²) < 4.78 is 26.8. The van der Waals surface area contributed by atoms with E-state index in [1.165, 1.54) is 18.2 Å². The van der Waals surface area contributed by atoms with Gasteiger partial charge in [-0.2, -0.15) is 0 Å². The van der Waals surface area contributed by atoms with Crippen molar-refractivity contribution in [2.24, 2.45) is 0 Å². The number of rotatable bonds is 4. The molecule has 0 saturated carbocycles. The highest BCUT2D eigenvalue weighted by atomic mass is 35.5. The first kappa shape index (κ1) is 15.9. The lowest BCUT2D eigenvalue weighted by molar-refractivity contribution is 0.0991. The Morgan fingerprint density at radius 2 is 1.71 bits per heavy atom. The maximum Gasteiger partial charge on any atom is 0.127 e. The molecule has 2 rings (SSSR count). The lowest BCUT2D eigenvalue weighted by atomic mass is 9.77. The van der Waals surface area contributed by atoms with E-state index in [0.717, 1.165) is 5.56 Å². The standard InChI is InChI=1S/C17H17ClF2O/c1-17(2,12-4-7-14(19)8-5-12)16(21)9-11-3-6-13(18)10-15(11)20/h3-8,10,16,21H,9H2,1-2H3. The van der Waals surface area contributed by atoms with Crippen molar-refractivity contribution < 1.29 is 13.9 Å². The van der Waals surface area contributed by atoms with E-state index in [9.17, 15) is 13.9 Å². The molecule has 0 aliphatic heterocycles. The fourth-order valence-electron chi connectivity index (χ4n) is 2.22. The van der Waals surface area contributed by atoms with E-state index in [4.69, 9.17) is 11.6 Å². The van der Waals surface area contributed by atoms with Crippen molar-refractivity contribution in [1.82, 2.24) is 0 Å². The van der Waals surface area contributed by atoms with Gasteiger partial charge in [-0.1, -0.05) is 43.6 Å². The molecule has 1 N–H and O–H groups in total. The third-order valence-electron chi connectivity index (χ3n) is 3.85. The quantitative estimate of drug-likeness (QED) is 0.881. The van der Waals surface area contributed by atoms with E-state index in [-0.39, 0.29) is 12.2 Å². The van der Waals surface area contributed by atoms with Crippen molar-refractivity contribution >= 4 is 11.6 Å². The summed E-state index contributed by atoms with van der Waals surface area (Å²) in [7, 11) is 0. The minimum Gasteiger partial charge on any atom is -0.392 e. The van der Waals surface area contributed by atoms with E-state index >= 15 is 0 Å². The van der Waals surface area contributed by atoms with Crippen LogP contribution in [0.15, 0.2) is 42.5 Å². The lowest BCUT2D eigenvalue weighted by Crippen LogP contribution is -2.35. The van der Waals surface area contributed by atoms with Gasteiger partial charge in [0.2, 0.25) is 0 Å². The molecule has 21 heavy (non-hydrogen) atoms. The molecule has 1 atom stereocenters. The summed E-state index contributed by atoms with van der Waals surface area (Å²) in [4.78, 5) is 0. The summed E-state index contributed by atoms with van der Waals surface area (Å²) in [5.74, 6) is -0.760. The highest BCUT2D eigenvalue weighted by Crippen LogP contribution is 2.30. The molecule has 0 saturated heterocycles. The van der Waals surface area contributed by atoms with Crippen LogP contribution in [0.3, 0.4) is 0 Å². The Bertz CT molecular complexity index is 623. The Morgan fingerprint density at radius 3 is 2.29 bits per heavy atom. The Morgan fingerprint density at radius 1 is 1.10 bits per heavy atom. The van der Waals surface area contributed by atoms with Gasteiger partial charge >= 0.3 is 0 Å². The average Bonchev–Trinajstić information content (AvgIpc) is 2.42. The number of benzene rings is 2. The molecular formula is C17H17ClF2O. The van der Waals surface area contributed by atoms with E-state index in [0.29, 0.717) is 10.6 Å². The van der Waals surface area contributed by atoms with Gasteiger partial charge in [0.05, 0.1) is 6.10 Å². The highest BCUT2D eigenvalue weighted by Gasteiger charge is 2.30. The van der Waals surface area contributed by atoms with Crippen molar-refractivity contribution in [3.63, 3.8) is 0 Å². The molecule has 0 radical (unpaired) electrons. The third-order valence-corrected chi connectivity index (χ3v) is 4.08. The van der Waals surface area contributed by atoms with Gasteiger partial charge < -0.3 is 5.11 Å². The van der Waals surface area contributed by atoms with Gasteiger partial charge in [-0.25, -0.2) is 8.78 Å². The number of hydrogen-bond acceptors (Lipinski definition) is 1. The van der Waals surface area contributed by atoms with Gasteiger partial charge in [-0.3, -0.25) is 0 Å². The van der Waals surface area contributed by atoms with Crippen LogP contribution >= 0.6 is 11.6 Å². The van der Waals surface area contributed by atoms with Crippen LogP contribution in [0.1, 0.15) is 25.0 Å². The molecule has 0 spiro atoms. The summed E-state index contributed by atoms with van der Waals surface area (Å²) in [5.41, 5.74) is 0.576. The van der Waals surface area contributed by atoms with Crippen molar-refractivity contribution in [3.8, 4) is 0 Å². The van der Waals surface area contributed by atoms with Crippen molar-refractivity contribution in [2.75, 3.05) is 0 Å². The van der Waals surface area contributed by atoms with Crippen LogP contribution in [0, 0.1) is 11.6 Å². The van der Waals surface area contributed by atoms with Gasteiger partial charge in [-0.05, 0) is 35.4 Å². The molecule has 1 nitrogen and oxygen atoms in total. The first-order chi connectivity index (χ1) is 9.80. The van der Waals surface area contributed by atoms with Gasteiger partial charge in [0.25, 0.3) is 0 Å². The van der Waals surface area contributed by atoms with E-state index in [1.54, 1.807) is 24.3 Å². The second-order valence-corrected chi connectivity index (χ2v) is 6.12. The Kier molecular flexibility index (Phi) is 4.64. The molecule has 112 valence electrons. The molecule has 0 aliphatic carbocycles. The number of aliphatic hydroxyl groups excluding tert-OH is 1. The second-order valence-electron chi connectivity index (χ2n) is 5.68. The summed E-state index contributed by atoms with van der Waals surface area (Å²) in [6.07, 6.45) is -0.647. The van der Waals surface area contributed by atoms with Crippen LogP contribution in [0.2, 0.25) is 5.02 Å². The zero-order valence-electron chi connectivity index (χ0n) is 11.9. The normalized spacial score (nSPS) is 13.2. The third kappa shape index (κ3) is 3.60. The number of hydrogen-bond donors (Lipinski definition) is 1. The fraction of sp³-hybridized carbons (Fsp3) is 0.294. The summed E-state index contributed by atoms with van der Waals surface area (Å²) in [6, 6.07) is 10.4. The van der Waals surface area contributed by atoms with Crippen molar-refractivity contribution in [3.05, 3.63) is 70.2 Å². The molecule has 0 amide bonds. The van der Waals surface area contributed by atoms with Crippen LogP contribution in [0.4, 0.5) is 8.78 Å². The molecule has 0 fully saturated rings. The maximum atomic E-state index is 13.8. The van der Waals surface area contributed by atoms with E-state index in [1.807, 2.05) is 13.8 Å². The van der Waals surface area contributed by atoms with Crippen molar-refractivity contribution in [2.45, 2.75) is 31.8 Å². The number of aliphatic hydroxyl groups is 1. The zero-order valence-corrected chi connectivity index (χ0v) is 12.7. The molecule has 0 bridgehead atoms. The first-order valence-electron chi connectivity index (χ1n) is 6.69. The number of halogens is 3. The Balaban J connectivity index is 2.21. The predicted octanol–water partition coefficient (Wildman–Crippen LogP) is 4.50. The second kappa shape index (κ2) is 6.12. The highest BCUT2D eigenvalue weighted by molar-refractivity contribution is 6.30. The van der Waals surface area contributed by atoms with Crippen LogP contribution < -0.4 is 0 Å². The molecule has 4 heteroatoms. The molecule has 1 unspecified atom stereocenters. The van der Waals surface area contributed by atoms with Crippen molar-refractivity contribution in [1.29, 1.82) is 0 Å². The average molecular weight is 311 g/mol. The monoisotopic (exact) mass is 310 g/mol. The van der Waals surface area contributed by atoms with Gasteiger partial charge in [0, 0.05) is 16.9 Å². The van der Waals surface area contributed by atoms with Gasteiger partial charge in [-0.15, -0.1) is 0 Å². The largest absolute Gasteiger partial charge is 0.392 e. The fourth-order valence-corrected chi connectivity index (χ4v) is 2.38. The van der Waals surface area contributed by atoms with Crippen LogP contribution in [-0.4, -0.2) is 11.2 Å². The van der Waals surface area contributed by atoms with E-state index in [2.05, 4.69) is 0 Å². The zero-order chi connectivity index (χ0) is 15.6. The smallest absolute Gasteiger partial charge is 0.127 e. The Labute approximate surface area is 128 Å². The van der Waals surface area contributed by atoms with E-state index < -0.39 is 17.3 Å². The molecule has 0 aliphatic rings. The van der Waals surface area contributed by atoms with Crippen LogP contribution in [-0.2, 0) is 11.8 Å². The maximum absolute atomic E-state index is 13.8. The summed E-state index contributed by atoms with van der Waals surface area (Å²) in [5, 5.41) is 10.8. The molecule has 0 aromatic heterocycles. The SMILES string of the molecule is CC(C)(c1ccc(F)cc1)C(O)Cc1ccc(Cl)cc1F. The Hall–Kier alpha value is -1.45. The summed E-state index contributed by atoms with van der Waals surface area (Å²) in [6.45, 7) is 3.69. The molecule has 0 heterocycles. The first-order valence-corrected chi connectivity index (χ1v) is 7.06.